The van der Waals surface area contributed by atoms with Gasteiger partial charge in [-0.1, -0.05) is 68.8 Å². The number of aryl methyl sites for hydroxylation is 1. The van der Waals surface area contributed by atoms with Crippen molar-refractivity contribution in [2.75, 3.05) is 6.61 Å². The third kappa shape index (κ3) is 7.45. The number of ketones is 1. The number of carbonyl (C=O) groups is 5. The number of hydrogen-bond acceptors (Lipinski definition) is 14. The SMILES string of the molecule is CC(=O)O[C@@]12CO[C@@H]1C[C@H](O)[C@@]1(C)C(O)C(=O)C3=C(C)[C@@H](OC(=O)[C@H](O)[C@@H](NC(=O)OC(C)(C)C)c4ccc(C)cc4)C[C@@](O)([C@@H](OC(=O)c4ccccc4)[C@H]21)C3(C)C. The predicted octanol–water partition coefficient (Wildman–Crippen LogP) is 3.57. The Morgan fingerprint density at radius 3 is 2.14 bits per heavy atom. The normalized spacial score (nSPS) is 33.3. The van der Waals surface area contributed by atoms with E-state index in [0.717, 1.165) is 12.5 Å². The number of benzene rings is 2. The van der Waals surface area contributed by atoms with E-state index >= 15 is 0 Å². The molecule has 0 radical (unpaired) electrons. The molecule has 3 fully saturated rings. The van der Waals surface area contributed by atoms with Gasteiger partial charge >= 0.3 is 24.0 Å². The van der Waals surface area contributed by atoms with Crippen molar-refractivity contribution in [2.45, 2.75) is 135 Å². The molecule has 5 N–H and O–H groups in total. The smallest absolute Gasteiger partial charge is 0.408 e. The van der Waals surface area contributed by atoms with Gasteiger partial charge in [0.15, 0.2) is 17.5 Å². The molecule has 11 atom stereocenters. The summed E-state index contributed by atoms with van der Waals surface area (Å²) < 4.78 is 29.6. The lowest BCUT2D eigenvalue weighted by Gasteiger charge is -2.68. The lowest BCUT2D eigenvalue weighted by Crippen LogP contribution is -2.82. The zero-order valence-corrected chi connectivity index (χ0v) is 34.8. The Hall–Kier alpha value is -4.67. The molecule has 1 amide bonds. The van der Waals surface area contributed by atoms with E-state index in [4.69, 9.17) is 23.7 Å². The molecule has 15 nitrogen and oxygen atoms in total. The highest BCUT2D eigenvalue weighted by Crippen LogP contribution is 2.64. The highest BCUT2D eigenvalue weighted by atomic mass is 16.6. The van der Waals surface area contributed by atoms with Crippen LogP contribution in [0.15, 0.2) is 65.7 Å². The zero-order valence-electron chi connectivity index (χ0n) is 34.8. The van der Waals surface area contributed by atoms with Crippen molar-refractivity contribution in [1.82, 2.24) is 5.32 Å². The first-order valence-corrected chi connectivity index (χ1v) is 19.7. The molecule has 2 bridgehead atoms. The van der Waals surface area contributed by atoms with E-state index in [1.165, 1.54) is 39.8 Å². The number of aliphatic hydroxyl groups excluding tert-OH is 3. The summed E-state index contributed by atoms with van der Waals surface area (Å²) in [5, 5.41) is 51.8. The molecular weight excluding hydrogens is 766 g/mol. The van der Waals surface area contributed by atoms with Crippen molar-refractivity contribution in [2.24, 2.45) is 16.7 Å². The number of alkyl carbamates (subject to hydrolysis) is 1. The minimum absolute atomic E-state index is 0.0853. The zero-order chi connectivity index (χ0) is 43.6. The number of aliphatic hydroxyl groups is 4. The van der Waals surface area contributed by atoms with Gasteiger partial charge in [0.05, 0.1) is 30.2 Å². The van der Waals surface area contributed by atoms with Crippen LogP contribution in [0.5, 0.6) is 0 Å². The van der Waals surface area contributed by atoms with Crippen LogP contribution in [-0.4, -0.2) is 110 Å². The fourth-order valence-corrected chi connectivity index (χ4v) is 9.66. The molecule has 2 saturated carbocycles. The molecule has 1 heterocycles. The molecule has 2 aromatic carbocycles. The summed E-state index contributed by atoms with van der Waals surface area (Å²) in [6, 6.07) is 13.2. The van der Waals surface area contributed by atoms with Gasteiger partial charge in [0.1, 0.15) is 35.6 Å². The number of Topliss-reactive ketones (excluding diaryl/α,β-unsaturated/α-hetero) is 1. The summed E-state index contributed by atoms with van der Waals surface area (Å²) in [5.41, 5.74) is -7.35. The van der Waals surface area contributed by atoms with Crippen molar-refractivity contribution in [1.29, 1.82) is 0 Å². The Labute approximate surface area is 343 Å². The number of amides is 1. The number of carbonyl (C=O) groups excluding carboxylic acids is 5. The Kier molecular flexibility index (Phi) is 11.5. The summed E-state index contributed by atoms with van der Waals surface area (Å²) in [7, 11) is 0. The monoisotopic (exact) mass is 821 g/mol. The van der Waals surface area contributed by atoms with Gasteiger partial charge in [0, 0.05) is 36.2 Å². The van der Waals surface area contributed by atoms with Crippen LogP contribution in [0, 0.1) is 23.7 Å². The van der Waals surface area contributed by atoms with Crippen LogP contribution >= 0.6 is 0 Å². The third-order valence-corrected chi connectivity index (χ3v) is 12.8. The fourth-order valence-electron chi connectivity index (χ4n) is 9.66. The predicted molar refractivity (Wildman–Crippen MR) is 208 cm³/mol. The van der Waals surface area contributed by atoms with Crippen LogP contribution in [0.2, 0.25) is 0 Å². The van der Waals surface area contributed by atoms with Crippen LogP contribution in [0.3, 0.4) is 0 Å². The molecule has 4 aliphatic rings. The van der Waals surface area contributed by atoms with Crippen molar-refractivity contribution in [3.63, 3.8) is 0 Å². The summed E-state index contributed by atoms with van der Waals surface area (Å²) in [5.74, 6) is -5.31. The lowest BCUT2D eigenvalue weighted by atomic mass is 9.44. The molecule has 0 aromatic heterocycles. The second-order valence-electron chi connectivity index (χ2n) is 18.1. The van der Waals surface area contributed by atoms with E-state index in [1.54, 1.807) is 63.2 Å². The van der Waals surface area contributed by atoms with E-state index < -0.39 is 112 Å². The summed E-state index contributed by atoms with van der Waals surface area (Å²) in [6.45, 7) is 13.6. The minimum Gasteiger partial charge on any atom is -0.456 e. The number of ether oxygens (including phenoxy) is 5. The highest BCUT2D eigenvalue weighted by molar-refractivity contribution is 6.02. The molecule has 320 valence electrons. The molecule has 59 heavy (non-hydrogen) atoms. The average molecular weight is 822 g/mol. The van der Waals surface area contributed by atoms with Gasteiger partial charge in [0.2, 0.25) is 0 Å². The maximum Gasteiger partial charge on any atom is 0.408 e. The standard InChI is InChI=1S/C44H55NO14/c1-22-15-17-25(18-16-22)31(45-39(53)59-40(4,5)6)33(49)38(52)56-27-20-44(54)36(57-37(51)26-13-11-10-12-14-26)34-42(9,35(50)32(48)30(23(27)2)41(44,7)8)28(47)19-29-43(34,21-55-29)58-24(3)46/h10-18,27-29,31,33-36,47,49-50,54H,19-21H2,1-9H3,(H,45,53)/t27-,28-,29+,31-,33+,34-,35?,36-,42+,43-,44+/m0/s1. The number of fused-ring (bicyclic) bond motifs is 5. The highest BCUT2D eigenvalue weighted by Gasteiger charge is 2.78. The second kappa shape index (κ2) is 15.4. The molecular formula is C44H55NO14. The van der Waals surface area contributed by atoms with E-state index in [9.17, 15) is 44.4 Å². The molecule has 3 aliphatic carbocycles. The van der Waals surface area contributed by atoms with E-state index in [1.807, 2.05) is 6.92 Å². The van der Waals surface area contributed by atoms with Crippen molar-refractivity contribution in [3.05, 3.63) is 82.4 Å². The quantitative estimate of drug-likeness (QED) is 0.190. The minimum atomic E-state index is -2.38. The van der Waals surface area contributed by atoms with E-state index in [0.29, 0.717) is 5.56 Å². The number of esters is 3. The molecule has 1 unspecified atom stereocenters. The fraction of sp³-hybridized carbons (Fsp3) is 0.568. The number of nitrogens with one attached hydrogen (secondary N) is 1. The lowest BCUT2D eigenvalue weighted by molar-refractivity contribution is -0.357. The molecule has 1 saturated heterocycles. The topological polar surface area (TPSA) is 224 Å². The maximum atomic E-state index is 14.9. The van der Waals surface area contributed by atoms with Gasteiger partial charge in [-0.3, -0.25) is 9.59 Å². The van der Waals surface area contributed by atoms with Crippen molar-refractivity contribution in [3.8, 4) is 0 Å². The van der Waals surface area contributed by atoms with Crippen LogP contribution in [0.25, 0.3) is 0 Å². The van der Waals surface area contributed by atoms with Crippen molar-refractivity contribution < 1.29 is 68.1 Å². The second-order valence-corrected chi connectivity index (χ2v) is 18.1. The molecule has 15 heteroatoms. The van der Waals surface area contributed by atoms with E-state index in [2.05, 4.69) is 5.32 Å². The van der Waals surface area contributed by atoms with Crippen LogP contribution in [-0.2, 0) is 38.1 Å². The van der Waals surface area contributed by atoms with Gasteiger partial charge in [0.25, 0.3) is 0 Å². The Morgan fingerprint density at radius 1 is 0.949 bits per heavy atom. The molecule has 0 spiro atoms. The first kappa shape index (κ1) is 43.9. The van der Waals surface area contributed by atoms with Crippen LogP contribution in [0.1, 0.15) is 95.8 Å². The summed E-state index contributed by atoms with van der Waals surface area (Å²) >= 11 is 0. The largest absolute Gasteiger partial charge is 0.456 e. The van der Waals surface area contributed by atoms with Gasteiger partial charge < -0.3 is 49.4 Å². The van der Waals surface area contributed by atoms with E-state index in [-0.39, 0.29) is 29.7 Å². The van der Waals surface area contributed by atoms with Gasteiger partial charge in [-0.2, -0.15) is 0 Å². The average Bonchev–Trinajstić information content (AvgIpc) is 3.15. The van der Waals surface area contributed by atoms with Crippen molar-refractivity contribution >= 4 is 29.8 Å². The Balaban J connectivity index is 1.49. The van der Waals surface area contributed by atoms with Crippen LogP contribution < -0.4 is 5.32 Å². The number of rotatable bonds is 8. The van der Waals surface area contributed by atoms with Crippen LogP contribution in [0.4, 0.5) is 4.79 Å². The molecule has 2 aromatic rings. The first-order valence-electron chi connectivity index (χ1n) is 19.7. The maximum absolute atomic E-state index is 14.9. The van der Waals surface area contributed by atoms with Gasteiger partial charge in [-0.15, -0.1) is 0 Å². The third-order valence-electron chi connectivity index (χ3n) is 12.8. The Morgan fingerprint density at radius 2 is 1.58 bits per heavy atom. The number of hydrogen-bond donors (Lipinski definition) is 5. The van der Waals surface area contributed by atoms with Gasteiger partial charge in [-0.05, 0) is 57.9 Å². The summed E-state index contributed by atoms with van der Waals surface area (Å²) in [4.78, 5) is 69.0. The summed E-state index contributed by atoms with van der Waals surface area (Å²) in [6.07, 6.45) is -11.5. The van der Waals surface area contributed by atoms with Gasteiger partial charge in [-0.25, -0.2) is 14.4 Å². The Bertz CT molecular complexity index is 2020. The molecule has 1 aliphatic heterocycles. The first-order chi connectivity index (χ1) is 27.4. The molecule has 6 rings (SSSR count).